The maximum atomic E-state index is 12.9. The van der Waals surface area contributed by atoms with Gasteiger partial charge in [-0.25, -0.2) is 13.1 Å². The molecule has 1 saturated carbocycles. The van der Waals surface area contributed by atoms with E-state index in [0.717, 1.165) is 31.2 Å². The van der Waals surface area contributed by atoms with Gasteiger partial charge in [0, 0.05) is 11.1 Å². The van der Waals surface area contributed by atoms with Gasteiger partial charge in [0.15, 0.2) is 0 Å². The van der Waals surface area contributed by atoms with Gasteiger partial charge < -0.3 is 0 Å². The molecule has 0 atom stereocenters. The molecule has 2 rings (SSSR count). The molecule has 1 aromatic rings. The summed E-state index contributed by atoms with van der Waals surface area (Å²) in [7, 11) is -3.50. The van der Waals surface area contributed by atoms with Gasteiger partial charge in [0.25, 0.3) is 0 Å². The van der Waals surface area contributed by atoms with E-state index in [4.69, 9.17) is 11.6 Å². The summed E-state index contributed by atoms with van der Waals surface area (Å²) in [6.07, 6.45) is 13.0. The SMILES string of the molecule is Cc1cc(S(=O)(=O)NC2CCCCCCCCCCC2)c(C)cc1Cl. The van der Waals surface area contributed by atoms with Crippen LogP contribution in [-0.2, 0) is 10.0 Å². The van der Waals surface area contributed by atoms with E-state index in [9.17, 15) is 8.42 Å². The Kier molecular flexibility index (Phi) is 8.24. The van der Waals surface area contributed by atoms with Gasteiger partial charge in [0.2, 0.25) is 10.0 Å². The molecule has 142 valence electrons. The van der Waals surface area contributed by atoms with Gasteiger partial charge in [-0.15, -0.1) is 0 Å². The summed E-state index contributed by atoms with van der Waals surface area (Å²) in [5, 5.41) is 0.613. The van der Waals surface area contributed by atoms with E-state index >= 15 is 0 Å². The summed E-state index contributed by atoms with van der Waals surface area (Å²) in [4.78, 5) is 0.362. The fraction of sp³-hybridized carbons (Fsp3) is 0.700. The molecule has 1 aromatic carbocycles. The Bertz CT molecular complexity index is 646. The van der Waals surface area contributed by atoms with Gasteiger partial charge in [-0.2, -0.15) is 0 Å². The molecular weight excluding hydrogens is 354 g/mol. The van der Waals surface area contributed by atoms with Gasteiger partial charge in [-0.05, 0) is 49.9 Å². The Morgan fingerprint density at radius 3 is 1.84 bits per heavy atom. The average Bonchev–Trinajstić information content (AvgIpc) is 2.53. The van der Waals surface area contributed by atoms with Crippen LogP contribution in [-0.4, -0.2) is 14.5 Å². The fourth-order valence-corrected chi connectivity index (χ4v) is 5.44. The lowest BCUT2D eigenvalue weighted by Crippen LogP contribution is -2.35. The highest BCUT2D eigenvalue weighted by Crippen LogP contribution is 2.25. The van der Waals surface area contributed by atoms with E-state index < -0.39 is 10.0 Å². The number of nitrogens with one attached hydrogen (secondary N) is 1. The fourth-order valence-electron chi connectivity index (χ4n) is 3.61. The van der Waals surface area contributed by atoms with Crippen LogP contribution in [0.25, 0.3) is 0 Å². The van der Waals surface area contributed by atoms with Crippen LogP contribution in [0.3, 0.4) is 0 Å². The Morgan fingerprint density at radius 2 is 1.32 bits per heavy atom. The van der Waals surface area contributed by atoms with E-state index in [1.807, 2.05) is 6.92 Å². The van der Waals surface area contributed by atoms with Gasteiger partial charge in [0.1, 0.15) is 0 Å². The normalized spacial score (nSPS) is 19.2. The van der Waals surface area contributed by atoms with Crippen molar-refractivity contribution in [3.05, 3.63) is 28.3 Å². The number of benzene rings is 1. The van der Waals surface area contributed by atoms with Gasteiger partial charge in [-0.1, -0.05) is 69.4 Å². The number of hydrogen-bond donors (Lipinski definition) is 1. The Hall–Kier alpha value is -0.580. The van der Waals surface area contributed by atoms with Crippen molar-refractivity contribution in [2.24, 2.45) is 0 Å². The molecule has 0 bridgehead atoms. The highest BCUT2D eigenvalue weighted by atomic mass is 35.5. The van der Waals surface area contributed by atoms with E-state index in [1.165, 1.54) is 44.9 Å². The summed E-state index contributed by atoms with van der Waals surface area (Å²) in [6, 6.07) is 3.47. The zero-order valence-corrected chi connectivity index (χ0v) is 17.2. The molecule has 3 nitrogen and oxygen atoms in total. The van der Waals surface area contributed by atoms with Crippen molar-refractivity contribution in [1.82, 2.24) is 4.72 Å². The summed E-state index contributed by atoms with van der Waals surface area (Å²) in [5.74, 6) is 0. The second-order valence-corrected chi connectivity index (χ2v) is 9.53. The maximum Gasteiger partial charge on any atom is 0.241 e. The highest BCUT2D eigenvalue weighted by molar-refractivity contribution is 7.89. The van der Waals surface area contributed by atoms with Crippen molar-refractivity contribution < 1.29 is 8.42 Å². The summed E-state index contributed by atoms with van der Waals surface area (Å²) in [5.41, 5.74) is 1.50. The lowest BCUT2D eigenvalue weighted by Gasteiger charge is -2.20. The first-order valence-electron chi connectivity index (χ1n) is 9.69. The van der Waals surface area contributed by atoms with Crippen LogP contribution < -0.4 is 4.72 Å². The Labute approximate surface area is 158 Å². The van der Waals surface area contributed by atoms with Crippen LogP contribution >= 0.6 is 11.6 Å². The third-order valence-electron chi connectivity index (χ3n) is 5.17. The highest BCUT2D eigenvalue weighted by Gasteiger charge is 2.22. The third kappa shape index (κ3) is 6.58. The van der Waals surface area contributed by atoms with Crippen LogP contribution in [0.1, 0.15) is 81.8 Å². The molecule has 0 unspecified atom stereocenters. The Balaban J connectivity index is 2.08. The quantitative estimate of drug-likeness (QED) is 0.703. The smallest absolute Gasteiger partial charge is 0.208 e. The van der Waals surface area contributed by atoms with E-state index in [1.54, 1.807) is 19.1 Å². The summed E-state index contributed by atoms with van der Waals surface area (Å²) >= 11 is 6.11. The largest absolute Gasteiger partial charge is 0.241 e. The van der Waals surface area contributed by atoms with Crippen molar-refractivity contribution in [2.45, 2.75) is 95.4 Å². The van der Waals surface area contributed by atoms with Crippen molar-refractivity contribution in [1.29, 1.82) is 0 Å². The second kappa shape index (κ2) is 9.94. The van der Waals surface area contributed by atoms with E-state index in [-0.39, 0.29) is 6.04 Å². The molecule has 1 fully saturated rings. The lowest BCUT2D eigenvalue weighted by molar-refractivity contribution is 0.440. The minimum Gasteiger partial charge on any atom is -0.208 e. The van der Waals surface area contributed by atoms with Crippen molar-refractivity contribution in [3.63, 3.8) is 0 Å². The summed E-state index contributed by atoms with van der Waals surface area (Å²) < 4.78 is 28.8. The molecule has 0 saturated heterocycles. The number of sulfonamides is 1. The molecule has 0 heterocycles. The van der Waals surface area contributed by atoms with Crippen molar-refractivity contribution >= 4 is 21.6 Å². The number of rotatable bonds is 3. The molecule has 1 aliphatic carbocycles. The monoisotopic (exact) mass is 385 g/mol. The lowest BCUT2D eigenvalue weighted by atomic mass is 9.98. The molecule has 1 N–H and O–H groups in total. The molecule has 0 spiro atoms. The van der Waals surface area contributed by atoms with Gasteiger partial charge in [0.05, 0.1) is 4.90 Å². The summed E-state index contributed by atoms with van der Waals surface area (Å²) in [6.45, 7) is 3.65. The molecule has 0 aliphatic heterocycles. The zero-order valence-electron chi connectivity index (χ0n) is 15.6. The topological polar surface area (TPSA) is 46.2 Å². The second-order valence-electron chi connectivity index (χ2n) is 7.44. The standard InChI is InChI=1S/C20H32ClNO2S/c1-16-15-20(17(2)14-19(16)21)25(23,24)22-18-12-10-8-6-4-3-5-7-9-11-13-18/h14-15,18,22H,3-13H2,1-2H3. The predicted octanol–water partition coefficient (Wildman–Crippen LogP) is 5.91. The van der Waals surface area contributed by atoms with Crippen LogP contribution in [0.5, 0.6) is 0 Å². The molecule has 5 heteroatoms. The minimum atomic E-state index is -3.50. The zero-order chi connectivity index (χ0) is 18.3. The molecule has 25 heavy (non-hydrogen) atoms. The Morgan fingerprint density at radius 1 is 0.840 bits per heavy atom. The first kappa shape index (κ1) is 20.7. The third-order valence-corrected chi connectivity index (χ3v) is 7.24. The molecular formula is C20H32ClNO2S. The van der Waals surface area contributed by atoms with E-state index in [2.05, 4.69) is 4.72 Å². The van der Waals surface area contributed by atoms with Crippen LogP contribution in [0.2, 0.25) is 5.02 Å². The van der Waals surface area contributed by atoms with Gasteiger partial charge >= 0.3 is 0 Å². The van der Waals surface area contributed by atoms with Crippen LogP contribution in [0.4, 0.5) is 0 Å². The molecule has 1 aliphatic rings. The van der Waals surface area contributed by atoms with Crippen LogP contribution in [0.15, 0.2) is 17.0 Å². The predicted molar refractivity (Wildman–Crippen MR) is 106 cm³/mol. The van der Waals surface area contributed by atoms with Crippen molar-refractivity contribution in [2.75, 3.05) is 0 Å². The molecule has 0 aromatic heterocycles. The maximum absolute atomic E-state index is 12.9. The van der Waals surface area contributed by atoms with E-state index in [0.29, 0.717) is 15.5 Å². The molecule has 0 amide bonds. The van der Waals surface area contributed by atoms with Crippen molar-refractivity contribution in [3.8, 4) is 0 Å². The van der Waals surface area contributed by atoms with Crippen LogP contribution in [0, 0.1) is 13.8 Å². The number of aryl methyl sites for hydroxylation is 2. The first-order valence-corrected chi connectivity index (χ1v) is 11.6. The average molecular weight is 386 g/mol. The first-order chi connectivity index (χ1) is 11.9. The molecule has 0 radical (unpaired) electrons. The van der Waals surface area contributed by atoms with Gasteiger partial charge in [-0.3, -0.25) is 0 Å². The number of hydrogen-bond acceptors (Lipinski definition) is 2. The number of halogens is 1. The minimum absolute atomic E-state index is 0.0415.